The molecular formula is C19H23F2N3O. The highest BCUT2D eigenvalue weighted by Gasteiger charge is 2.31. The first-order valence-corrected chi connectivity index (χ1v) is 7.79. The number of carbonyl (C=O) groups excluding carboxylic acids is 1. The van der Waals surface area contributed by atoms with Gasteiger partial charge in [0.05, 0.1) is 5.70 Å². The number of aryl methyl sites for hydroxylation is 1. The van der Waals surface area contributed by atoms with Crippen LogP contribution >= 0.6 is 0 Å². The first kappa shape index (κ1) is 22.1. The summed E-state index contributed by atoms with van der Waals surface area (Å²) in [6, 6.07) is 5.02. The maximum atomic E-state index is 13.7. The van der Waals surface area contributed by atoms with E-state index in [9.17, 15) is 13.6 Å². The van der Waals surface area contributed by atoms with Crippen molar-refractivity contribution in [2.75, 3.05) is 13.1 Å². The molecule has 0 aliphatic carbocycles. The molecule has 6 heteroatoms. The quantitative estimate of drug-likeness (QED) is 0.743. The average Bonchev–Trinajstić information content (AvgIpc) is 2.62. The normalized spacial score (nSPS) is 10.9. The van der Waals surface area contributed by atoms with Gasteiger partial charge in [-0.15, -0.1) is 6.42 Å². The van der Waals surface area contributed by atoms with Gasteiger partial charge in [-0.1, -0.05) is 18.9 Å². The van der Waals surface area contributed by atoms with Crippen molar-refractivity contribution in [2.45, 2.75) is 33.1 Å². The van der Waals surface area contributed by atoms with Gasteiger partial charge in [0, 0.05) is 37.2 Å². The molecule has 0 unspecified atom stereocenters. The average molecular weight is 347 g/mol. The van der Waals surface area contributed by atoms with E-state index in [-0.39, 0.29) is 24.6 Å². The molecule has 1 aromatic rings. The molecule has 1 aromatic carbocycles. The summed E-state index contributed by atoms with van der Waals surface area (Å²) in [7, 11) is 0. The van der Waals surface area contributed by atoms with Crippen LogP contribution < -0.4 is 10.6 Å². The van der Waals surface area contributed by atoms with E-state index in [0.29, 0.717) is 17.7 Å². The molecule has 1 amide bonds. The fourth-order valence-electron chi connectivity index (χ4n) is 2.00. The third-order valence-corrected chi connectivity index (χ3v) is 3.43. The molecule has 0 aromatic heterocycles. The van der Waals surface area contributed by atoms with E-state index in [1.807, 2.05) is 6.92 Å². The smallest absolute Gasteiger partial charge is 0.286 e. The Morgan fingerprint density at radius 1 is 1.32 bits per heavy atom. The third-order valence-electron chi connectivity index (χ3n) is 3.43. The fourth-order valence-corrected chi connectivity index (χ4v) is 2.00. The number of rotatable bonds is 7. The first-order chi connectivity index (χ1) is 11.9. The summed E-state index contributed by atoms with van der Waals surface area (Å²) in [6.45, 7) is 8.91. The third kappa shape index (κ3) is 6.64. The molecule has 0 bridgehead atoms. The number of carbonyl (C=O) groups is 1. The van der Waals surface area contributed by atoms with Crippen molar-refractivity contribution in [3.63, 3.8) is 0 Å². The summed E-state index contributed by atoms with van der Waals surface area (Å²) in [6.07, 6.45) is 6.38. The Morgan fingerprint density at radius 2 is 1.96 bits per heavy atom. The van der Waals surface area contributed by atoms with Crippen molar-refractivity contribution in [3.8, 4) is 18.9 Å². The zero-order chi connectivity index (χ0) is 19.5. The van der Waals surface area contributed by atoms with Gasteiger partial charge in [-0.2, -0.15) is 8.78 Å². The molecule has 0 saturated heterocycles. The number of benzene rings is 1. The summed E-state index contributed by atoms with van der Waals surface area (Å²) >= 11 is 0. The number of terminal acetylenes is 1. The van der Waals surface area contributed by atoms with Crippen LogP contribution in [-0.4, -0.2) is 24.9 Å². The van der Waals surface area contributed by atoms with E-state index in [1.165, 1.54) is 13.0 Å². The summed E-state index contributed by atoms with van der Waals surface area (Å²) in [5.74, 6) is -0.775. The Hall–Kier alpha value is -2.86. The summed E-state index contributed by atoms with van der Waals surface area (Å²) in [4.78, 5) is 12.1. The molecule has 25 heavy (non-hydrogen) atoms. The molecule has 0 saturated carbocycles. The van der Waals surface area contributed by atoms with Crippen LogP contribution in [-0.2, 0) is 0 Å². The fraction of sp³-hybridized carbons (Fsp3) is 0.368. The molecule has 0 spiro atoms. The Kier molecular flexibility index (Phi) is 9.59. The monoisotopic (exact) mass is 347 g/mol. The van der Waals surface area contributed by atoms with Crippen LogP contribution in [0.2, 0.25) is 0 Å². The van der Waals surface area contributed by atoms with Crippen LogP contribution in [0.1, 0.15) is 41.8 Å². The minimum atomic E-state index is -2.93. The predicted molar refractivity (Wildman–Crippen MR) is 95.1 cm³/mol. The minimum Gasteiger partial charge on any atom is -0.384 e. The van der Waals surface area contributed by atoms with Gasteiger partial charge < -0.3 is 10.6 Å². The van der Waals surface area contributed by atoms with E-state index in [1.54, 1.807) is 25.1 Å². The number of allylic oxidation sites excluding steroid dienone is 1. The number of nitrogens with one attached hydrogen (secondary N) is 2. The van der Waals surface area contributed by atoms with Crippen LogP contribution in [0.5, 0.6) is 0 Å². The van der Waals surface area contributed by atoms with Gasteiger partial charge in [0.25, 0.3) is 11.8 Å². The van der Waals surface area contributed by atoms with Crippen molar-refractivity contribution < 1.29 is 13.6 Å². The molecular weight excluding hydrogens is 324 g/mol. The van der Waals surface area contributed by atoms with Crippen LogP contribution in [0.25, 0.3) is 0 Å². The number of halogens is 2. The topological polar surface area (TPSA) is 64.9 Å². The van der Waals surface area contributed by atoms with Crippen molar-refractivity contribution in [2.24, 2.45) is 0 Å². The van der Waals surface area contributed by atoms with E-state index < -0.39 is 5.92 Å². The lowest BCUT2D eigenvalue weighted by atomic mass is 10.1. The van der Waals surface area contributed by atoms with Crippen molar-refractivity contribution in [1.82, 2.24) is 10.6 Å². The van der Waals surface area contributed by atoms with Crippen molar-refractivity contribution >= 4 is 5.91 Å². The van der Waals surface area contributed by atoms with E-state index in [4.69, 9.17) is 11.7 Å². The van der Waals surface area contributed by atoms with Crippen LogP contribution in [0.15, 0.2) is 30.0 Å². The Morgan fingerprint density at radius 3 is 2.48 bits per heavy atom. The lowest BCUT2D eigenvalue weighted by Gasteiger charge is -2.19. The lowest BCUT2D eigenvalue weighted by Crippen LogP contribution is -2.31. The molecule has 134 valence electrons. The summed E-state index contributed by atoms with van der Waals surface area (Å²) < 4.78 is 27.5. The lowest BCUT2D eigenvalue weighted by molar-refractivity contribution is 0.0302. The highest BCUT2D eigenvalue weighted by atomic mass is 19.3. The van der Waals surface area contributed by atoms with E-state index >= 15 is 0 Å². The zero-order valence-corrected chi connectivity index (χ0v) is 14.7. The first-order valence-electron chi connectivity index (χ1n) is 7.79. The van der Waals surface area contributed by atoms with Gasteiger partial charge in [0.1, 0.15) is 0 Å². The van der Waals surface area contributed by atoms with Gasteiger partial charge >= 0.3 is 0 Å². The molecule has 2 N–H and O–H groups in total. The number of nitriles is 1. The van der Waals surface area contributed by atoms with Gasteiger partial charge in [0.15, 0.2) is 0 Å². The number of hydrogen-bond acceptors (Lipinski definition) is 3. The molecule has 0 aliphatic rings. The van der Waals surface area contributed by atoms with Gasteiger partial charge in [0.2, 0.25) is 0 Å². The maximum Gasteiger partial charge on any atom is 0.286 e. The molecule has 0 aliphatic heterocycles. The molecule has 1 rings (SSSR count). The largest absolute Gasteiger partial charge is 0.384 e. The zero-order valence-electron chi connectivity index (χ0n) is 14.7. The Labute approximate surface area is 147 Å². The summed E-state index contributed by atoms with van der Waals surface area (Å²) in [5.41, 5.74) is 1.78. The molecule has 0 radical (unpaired) electrons. The minimum absolute atomic E-state index is 0.00994. The van der Waals surface area contributed by atoms with Gasteiger partial charge in [-0.25, -0.2) is 5.26 Å². The van der Waals surface area contributed by atoms with Gasteiger partial charge in [-0.05, 0) is 37.6 Å². The standard InChI is InChI=1S/C18H22F2N2O.CHN/c1-5-14-12-15(9-8-13(14)4)17(23)22-11-10-16(21-7-3)18(19,20)6-2;1-2/h1,8-10,12,21H,6-7,11H2,2-4H3,(H,22,23);1H/b16-10-;. The second kappa shape index (κ2) is 10.8. The number of alkyl halides is 2. The number of amides is 1. The highest BCUT2D eigenvalue weighted by molar-refractivity contribution is 5.94. The highest BCUT2D eigenvalue weighted by Crippen LogP contribution is 2.25. The summed E-state index contributed by atoms with van der Waals surface area (Å²) in [5, 5.41) is 11.7. The van der Waals surface area contributed by atoms with Gasteiger partial charge in [-0.3, -0.25) is 4.79 Å². The SMILES string of the molecule is C#Cc1cc(C(=O)NC/C=C(\NCC)C(F)(F)CC)ccc1C.C#N. The second-order valence-electron chi connectivity index (χ2n) is 5.09. The van der Waals surface area contributed by atoms with E-state index in [0.717, 1.165) is 5.56 Å². The molecule has 4 nitrogen and oxygen atoms in total. The Bertz CT molecular complexity index is 673. The number of nitrogens with zero attached hydrogens (tertiary/aromatic N) is 1. The van der Waals surface area contributed by atoms with Crippen molar-refractivity contribution in [1.29, 1.82) is 5.26 Å². The van der Waals surface area contributed by atoms with Crippen molar-refractivity contribution in [3.05, 3.63) is 46.7 Å². The number of hydrogen-bond donors (Lipinski definition) is 2. The second-order valence-corrected chi connectivity index (χ2v) is 5.09. The van der Waals surface area contributed by atoms with Crippen LogP contribution in [0, 0.1) is 31.1 Å². The molecule has 0 atom stereocenters. The molecule has 0 fully saturated rings. The van der Waals surface area contributed by atoms with Crippen LogP contribution in [0.3, 0.4) is 0 Å². The maximum absolute atomic E-state index is 13.7. The molecule has 0 heterocycles. The van der Waals surface area contributed by atoms with E-state index in [2.05, 4.69) is 23.1 Å². The Balaban J connectivity index is 0.00000277. The van der Waals surface area contributed by atoms with Crippen LogP contribution in [0.4, 0.5) is 8.78 Å². The predicted octanol–water partition coefficient (Wildman–Crippen LogP) is 3.38.